The lowest BCUT2D eigenvalue weighted by Crippen LogP contribution is -2.28. The number of aryl methyl sites for hydroxylation is 1. The van der Waals surface area contributed by atoms with Crippen LogP contribution in [0.3, 0.4) is 0 Å². The van der Waals surface area contributed by atoms with Gasteiger partial charge in [0.25, 0.3) is 5.91 Å². The molecular formula is C19H23NO5. The zero-order valence-electron chi connectivity index (χ0n) is 14.9. The van der Waals surface area contributed by atoms with Crippen molar-refractivity contribution in [3.63, 3.8) is 0 Å². The van der Waals surface area contributed by atoms with Crippen LogP contribution in [-0.4, -0.2) is 33.8 Å². The van der Waals surface area contributed by atoms with E-state index in [2.05, 4.69) is 5.32 Å². The molecule has 0 aliphatic carbocycles. The van der Waals surface area contributed by atoms with Crippen molar-refractivity contribution in [3.05, 3.63) is 47.5 Å². The van der Waals surface area contributed by atoms with Gasteiger partial charge < -0.3 is 24.3 Å². The van der Waals surface area contributed by atoms with Gasteiger partial charge in [-0.15, -0.1) is 0 Å². The molecule has 0 spiro atoms. The number of amides is 1. The highest BCUT2D eigenvalue weighted by Crippen LogP contribution is 2.38. The molecule has 134 valence electrons. The van der Waals surface area contributed by atoms with Gasteiger partial charge >= 0.3 is 0 Å². The van der Waals surface area contributed by atoms with Crippen molar-refractivity contribution in [3.8, 4) is 23.0 Å². The summed E-state index contributed by atoms with van der Waals surface area (Å²) in [7, 11) is 4.65. The van der Waals surface area contributed by atoms with Gasteiger partial charge in [-0.25, -0.2) is 0 Å². The number of hydrogen-bond donors (Lipinski definition) is 1. The Balaban J connectivity index is 1.95. The molecule has 0 heterocycles. The van der Waals surface area contributed by atoms with Gasteiger partial charge in [0.15, 0.2) is 18.1 Å². The first-order valence-electron chi connectivity index (χ1n) is 7.82. The third kappa shape index (κ3) is 5.04. The molecule has 0 aliphatic rings. The van der Waals surface area contributed by atoms with Crippen LogP contribution in [0.25, 0.3) is 0 Å². The van der Waals surface area contributed by atoms with E-state index in [9.17, 15) is 4.79 Å². The molecule has 1 amide bonds. The maximum absolute atomic E-state index is 12.0. The summed E-state index contributed by atoms with van der Waals surface area (Å²) < 4.78 is 21.4. The van der Waals surface area contributed by atoms with Crippen molar-refractivity contribution < 1.29 is 23.7 Å². The third-order valence-corrected chi connectivity index (χ3v) is 3.57. The summed E-state index contributed by atoms with van der Waals surface area (Å²) in [5.74, 6) is 2.06. The molecule has 2 aromatic carbocycles. The summed E-state index contributed by atoms with van der Waals surface area (Å²) >= 11 is 0. The van der Waals surface area contributed by atoms with Crippen molar-refractivity contribution in [1.29, 1.82) is 0 Å². The molecule has 2 rings (SSSR count). The maximum atomic E-state index is 12.0. The first-order valence-corrected chi connectivity index (χ1v) is 7.82. The van der Waals surface area contributed by atoms with E-state index in [1.807, 2.05) is 31.2 Å². The first-order chi connectivity index (χ1) is 12.1. The topological polar surface area (TPSA) is 66.0 Å². The Hall–Kier alpha value is -2.89. The minimum Gasteiger partial charge on any atom is -0.493 e. The minimum atomic E-state index is -0.213. The van der Waals surface area contributed by atoms with Gasteiger partial charge in [-0.3, -0.25) is 4.79 Å². The monoisotopic (exact) mass is 345 g/mol. The summed E-state index contributed by atoms with van der Waals surface area (Å²) in [5.41, 5.74) is 1.91. The Morgan fingerprint density at radius 1 is 1.00 bits per heavy atom. The molecule has 1 N–H and O–H groups in total. The summed E-state index contributed by atoms with van der Waals surface area (Å²) in [5, 5.41) is 2.81. The molecule has 0 bridgehead atoms. The van der Waals surface area contributed by atoms with Crippen LogP contribution >= 0.6 is 0 Å². The van der Waals surface area contributed by atoms with Crippen LogP contribution < -0.4 is 24.3 Å². The highest BCUT2D eigenvalue weighted by Gasteiger charge is 2.13. The highest BCUT2D eigenvalue weighted by molar-refractivity contribution is 5.77. The smallest absolute Gasteiger partial charge is 0.258 e. The number of nitrogens with one attached hydrogen (secondary N) is 1. The van der Waals surface area contributed by atoms with Crippen LogP contribution in [0.4, 0.5) is 0 Å². The van der Waals surface area contributed by atoms with Crippen LogP contribution in [0.1, 0.15) is 11.1 Å². The number of hydrogen-bond acceptors (Lipinski definition) is 5. The number of methoxy groups -OCH3 is 3. The fourth-order valence-corrected chi connectivity index (χ4v) is 2.34. The molecule has 0 aliphatic heterocycles. The van der Waals surface area contributed by atoms with Crippen molar-refractivity contribution in [2.45, 2.75) is 13.5 Å². The zero-order chi connectivity index (χ0) is 18.2. The van der Waals surface area contributed by atoms with Gasteiger partial charge in [-0.1, -0.05) is 12.1 Å². The number of benzene rings is 2. The molecule has 0 atom stereocenters. The highest BCUT2D eigenvalue weighted by atomic mass is 16.5. The number of ether oxygens (including phenoxy) is 4. The van der Waals surface area contributed by atoms with E-state index in [0.717, 1.165) is 11.1 Å². The minimum absolute atomic E-state index is 0.0477. The lowest BCUT2D eigenvalue weighted by Gasteiger charge is -2.14. The molecule has 0 aromatic heterocycles. The fraction of sp³-hybridized carbons (Fsp3) is 0.316. The largest absolute Gasteiger partial charge is 0.493 e. The SMILES string of the molecule is COc1cc(CNC(=O)COc2cccc(C)c2)cc(OC)c1OC. The lowest BCUT2D eigenvalue weighted by atomic mass is 10.1. The third-order valence-electron chi connectivity index (χ3n) is 3.57. The molecule has 0 saturated carbocycles. The Labute approximate surface area is 147 Å². The zero-order valence-corrected chi connectivity index (χ0v) is 14.9. The molecule has 0 radical (unpaired) electrons. The van der Waals surface area contributed by atoms with E-state index >= 15 is 0 Å². The van der Waals surface area contributed by atoms with E-state index < -0.39 is 0 Å². The fourth-order valence-electron chi connectivity index (χ4n) is 2.34. The standard InChI is InChI=1S/C19H23NO5/c1-13-6-5-7-15(8-13)25-12-18(21)20-11-14-9-16(22-2)19(24-4)17(10-14)23-3/h5-10H,11-12H2,1-4H3,(H,20,21). The molecule has 25 heavy (non-hydrogen) atoms. The first kappa shape index (κ1) is 18.4. The van der Waals surface area contributed by atoms with E-state index in [-0.39, 0.29) is 12.5 Å². The second kappa shape index (κ2) is 8.82. The number of carbonyl (C=O) groups is 1. The normalized spacial score (nSPS) is 10.1. The quantitative estimate of drug-likeness (QED) is 0.797. The van der Waals surface area contributed by atoms with Crippen molar-refractivity contribution in [2.75, 3.05) is 27.9 Å². The van der Waals surface area contributed by atoms with E-state index in [1.54, 1.807) is 33.5 Å². The van der Waals surface area contributed by atoms with Crippen LogP contribution in [0, 0.1) is 6.92 Å². The molecule has 2 aromatic rings. The van der Waals surface area contributed by atoms with Crippen LogP contribution in [0.5, 0.6) is 23.0 Å². The molecule has 0 fully saturated rings. The predicted octanol–water partition coefficient (Wildman–Crippen LogP) is 2.72. The van der Waals surface area contributed by atoms with E-state index in [4.69, 9.17) is 18.9 Å². The Bertz CT molecular complexity index is 704. The number of carbonyl (C=O) groups excluding carboxylic acids is 1. The van der Waals surface area contributed by atoms with Gasteiger partial charge in [-0.2, -0.15) is 0 Å². The summed E-state index contributed by atoms with van der Waals surface area (Å²) in [4.78, 5) is 12.0. The van der Waals surface area contributed by atoms with Crippen molar-refractivity contribution >= 4 is 5.91 Å². The lowest BCUT2D eigenvalue weighted by molar-refractivity contribution is -0.123. The Kier molecular flexibility index (Phi) is 6.51. The molecule has 0 saturated heterocycles. The van der Waals surface area contributed by atoms with Gasteiger partial charge in [0.1, 0.15) is 5.75 Å². The van der Waals surface area contributed by atoms with Gasteiger partial charge in [-0.05, 0) is 42.3 Å². The summed E-state index contributed by atoms with van der Waals surface area (Å²) in [6.07, 6.45) is 0. The number of rotatable bonds is 8. The average Bonchev–Trinajstić information content (AvgIpc) is 2.63. The Morgan fingerprint density at radius 2 is 1.68 bits per heavy atom. The van der Waals surface area contributed by atoms with Gasteiger partial charge in [0.05, 0.1) is 21.3 Å². The van der Waals surface area contributed by atoms with E-state index in [0.29, 0.717) is 29.5 Å². The van der Waals surface area contributed by atoms with Gasteiger partial charge in [0, 0.05) is 6.54 Å². The maximum Gasteiger partial charge on any atom is 0.258 e. The second-order valence-electron chi connectivity index (χ2n) is 5.42. The van der Waals surface area contributed by atoms with Crippen molar-refractivity contribution in [2.24, 2.45) is 0 Å². The van der Waals surface area contributed by atoms with Crippen molar-refractivity contribution in [1.82, 2.24) is 5.32 Å². The Morgan fingerprint density at radius 3 is 2.24 bits per heavy atom. The average molecular weight is 345 g/mol. The summed E-state index contributed by atoms with van der Waals surface area (Å²) in [6, 6.07) is 11.1. The molecule has 0 unspecified atom stereocenters. The molecule has 6 nitrogen and oxygen atoms in total. The van der Waals surface area contributed by atoms with Crippen LogP contribution in [0.15, 0.2) is 36.4 Å². The second-order valence-corrected chi connectivity index (χ2v) is 5.42. The van der Waals surface area contributed by atoms with Gasteiger partial charge in [0.2, 0.25) is 5.75 Å². The summed E-state index contributed by atoms with van der Waals surface area (Å²) in [6.45, 7) is 2.25. The van der Waals surface area contributed by atoms with E-state index in [1.165, 1.54) is 0 Å². The predicted molar refractivity (Wildman–Crippen MR) is 94.6 cm³/mol. The molecule has 6 heteroatoms. The molecular weight excluding hydrogens is 322 g/mol. The van der Waals surface area contributed by atoms with Crippen LogP contribution in [-0.2, 0) is 11.3 Å². The van der Waals surface area contributed by atoms with Crippen LogP contribution in [0.2, 0.25) is 0 Å².